The number of benzene rings is 1. The lowest BCUT2D eigenvalue weighted by atomic mass is 10.1. The quantitative estimate of drug-likeness (QED) is 0.878. The van der Waals surface area contributed by atoms with Crippen molar-refractivity contribution in [2.75, 3.05) is 5.32 Å². The van der Waals surface area contributed by atoms with Gasteiger partial charge in [0.2, 0.25) is 0 Å². The summed E-state index contributed by atoms with van der Waals surface area (Å²) in [7, 11) is 0. The first kappa shape index (κ1) is 14.8. The van der Waals surface area contributed by atoms with Crippen molar-refractivity contribution in [3.63, 3.8) is 0 Å². The summed E-state index contributed by atoms with van der Waals surface area (Å²) in [5, 5.41) is 11.5. The summed E-state index contributed by atoms with van der Waals surface area (Å²) in [5.41, 5.74) is -0.962. The number of nitriles is 1. The highest BCUT2D eigenvalue weighted by Gasteiger charge is 2.33. The van der Waals surface area contributed by atoms with Gasteiger partial charge in [-0.05, 0) is 29.8 Å². The normalized spacial score (nSPS) is 11.0. The third-order valence-corrected chi connectivity index (χ3v) is 2.75. The molecule has 0 atom stereocenters. The maximum absolute atomic E-state index is 13.0. The van der Waals surface area contributed by atoms with Crippen molar-refractivity contribution in [1.29, 1.82) is 5.26 Å². The Morgan fingerprint density at radius 1 is 1.24 bits per heavy atom. The maximum atomic E-state index is 13.0. The standard InChI is InChI=1S/C14H9F4N3/c15-11-4-3-10(12(6-11)14(16,17)18)8-21-13-9(7-19)2-1-5-20-13/h1-6H,8H2,(H,20,21). The van der Waals surface area contributed by atoms with Crippen LogP contribution in [0.25, 0.3) is 0 Å². The third-order valence-electron chi connectivity index (χ3n) is 2.75. The molecule has 0 saturated heterocycles. The summed E-state index contributed by atoms with van der Waals surface area (Å²) < 4.78 is 51.5. The molecule has 2 rings (SSSR count). The minimum atomic E-state index is -4.65. The van der Waals surface area contributed by atoms with Crippen molar-refractivity contribution in [3.05, 3.63) is 59.0 Å². The fourth-order valence-electron chi connectivity index (χ4n) is 1.78. The van der Waals surface area contributed by atoms with Gasteiger partial charge in [0.05, 0.1) is 11.1 Å². The number of aromatic nitrogens is 1. The van der Waals surface area contributed by atoms with Crippen LogP contribution < -0.4 is 5.32 Å². The van der Waals surface area contributed by atoms with Gasteiger partial charge in [-0.1, -0.05) is 6.07 Å². The smallest absolute Gasteiger partial charge is 0.365 e. The third kappa shape index (κ3) is 3.48. The van der Waals surface area contributed by atoms with Crippen LogP contribution >= 0.6 is 0 Å². The van der Waals surface area contributed by atoms with Crippen molar-refractivity contribution in [2.24, 2.45) is 0 Å². The average Bonchev–Trinajstić information content (AvgIpc) is 2.45. The molecule has 3 nitrogen and oxygen atoms in total. The highest BCUT2D eigenvalue weighted by molar-refractivity contribution is 5.51. The molecule has 1 aromatic carbocycles. The van der Waals surface area contributed by atoms with Crippen LogP contribution in [-0.4, -0.2) is 4.98 Å². The second kappa shape index (κ2) is 5.79. The van der Waals surface area contributed by atoms with E-state index in [4.69, 9.17) is 5.26 Å². The fourth-order valence-corrected chi connectivity index (χ4v) is 1.78. The zero-order valence-corrected chi connectivity index (χ0v) is 10.6. The molecular weight excluding hydrogens is 286 g/mol. The predicted molar refractivity (Wildman–Crippen MR) is 67.7 cm³/mol. The number of pyridine rings is 1. The van der Waals surface area contributed by atoms with E-state index in [-0.39, 0.29) is 23.5 Å². The molecule has 0 spiro atoms. The Labute approximate surface area is 117 Å². The molecule has 21 heavy (non-hydrogen) atoms. The van der Waals surface area contributed by atoms with E-state index < -0.39 is 17.6 Å². The van der Waals surface area contributed by atoms with E-state index >= 15 is 0 Å². The van der Waals surface area contributed by atoms with Crippen molar-refractivity contribution in [1.82, 2.24) is 4.98 Å². The van der Waals surface area contributed by atoms with Crippen LogP contribution in [0, 0.1) is 17.1 Å². The molecule has 2 aromatic rings. The lowest BCUT2D eigenvalue weighted by molar-refractivity contribution is -0.138. The number of nitrogens with zero attached hydrogens (tertiary/aromatic N) is 2. The highest BCUT2D eigenvalue weighted by Crippen LogP contribution is 2.32. The van der Waals surface area contributed by atoms with E-state index in [0.29, 0.717) is 6.07 Å². The second-order valence-electron chi connectivity index (χ2n) is 4.16. The van der Waals surface area contributed by atoms with E-state index in [2.05, 4.69) is 10.3 Å². The van der Waals surface area contributed by atoms with E-state index in [1.54, 1.807) is 6.07 Å². The van der Waals surface area contributed by atoms with Crippen LogP contribution in [0.15, 0.2) is 36.5 Å². The lowest BCUT2D eigenvalue weighted by Gasteiger charge is -2.14. The molecular formula is C14H9F4N3. The Bertz CT molecular complexity index is 689. The van der Waals surface area contributed by atoms with Crippen LogP contribution in [0.3, 0.4) is 0 Å². The van der Waals surface area contributed by atoms with Crippen LogP contribution in [-0.2, 0) is 12.7 Å². The molecule has 1 heterocycles. The van der Waals surface area contributed by atoms with Crippen LogP contribution in [0.5, 0.6) is 0 Å². The molecule has 0 aliphatic carbocycles. The van der Waals surface area contributed by atoms with E-state index in [1.807, 2.05) is 6.07 Å². The molecule has 0 saturated carbocycles. The lowest BCUT2D eigenvalue weighted by Crippen LogP contribution is -2.13. The molecule has 1 aromatic heterocycles. The largest absolute Gasteiger partial charge is 0.416 e. The summed E-state index contributed by atoms with van der Waals surface area (Å²) in [6.07, 6.45) is -3.24. The van der Waals surface area contributed by atoms with Crippen molar-refractivity contribution in [2.45, 2.75) is 12.7 Å². The summed E-state index contributed by atoms with van der Waals surface area (Å²) in [6.45, 7) is -0.221. The van der Waals surface area contributed by atoms with E-state index in [9.17, 15) is 17.6 Å². The van der Waals surface area contributed by atoms with Crippen molar-refractivity contribution < 1.29 is 17.6 Å². The molecule has 0 aliphatic heterocycles. The molecule has 0 bridgehead atoms. The highest BCUT2D eigenvalue weighted by atomic mass is 19.4. The Balaban J connectivity index is 2.27. The topological polar surface area (TPSA) is 48.7 Å². The molecule has 0 fully saturated rings. The van der Waals surface area contributed by atoms with Gasteiger partial charge in [0.15, 0.2) is 0 Å². The van der Waals surface area contributed by atoms with Gasteiger partial charge in [-0.3, -0.25) is 0 Å². The van der Waals surface area contributed by atoms with E-state index in [1.165, 1.54) is 12.3 Å². The molecule has 0 unspecified atom stereocenters. The van der Waals surface area contributed by atoms with Gasteiger partial charge in [-0.15, -0.1) is 0 Å². The molecule has 7 heteroatoms. The fraction of sp³-hybridized carbons (Fsp3) is 0.143. The van der Waals surface area contributed by atoms with Gasteiger partial charge in [0.25, 0.3) is 0 Å². The van der Waals surface area contributed by atoms with Gasteiger partial charge in [-0.25, -0.2) is 9.37 Å². The number of hydrogen-bond acceptors (Lipinski definition) is 3. The minimum absolute atomic E-state index is 0.126. The number of alkyl halides is 3. The van der Waals surface area contributed by atoms with Crippen LogP contribution in [0.4, 0.5) is 23.4 Å². The molecule has 0 aliphatic rings. The number of hydrogen-bond donors (Lipinski definition) is 1. The van der Waals surface area contributed by atoms with Gasteiger partial charge < -0.3 is 5.32 Å². The SMILES string of the molecule is N#Cc1cccnc1NCc1ccc(F)cc1C(F)(F)F. The summed E-state index contributed by atoms with van der Waals surface area (Å²) in [6, 6.07) is 7.37. The van der Waals surface area contributed by atoms with Gasteiger partial charge in [0, 0.05) is 12.7 Å². The van der Waals surface area contributed by atoms with Gasteiger partial charge >= 0.3 is 6.18 Å². The van der Waals surface area contributed by atoms with E-state index in [0.717, 1.165) is 12.1 Å². The maximum Gasteiger partial charge on any atom is 0.416 e. The van der Waals surface area contributed by atoms with Gasteiger partial charge in [0.1, 0.15) is 17.7 Å². The minimum Gasteiger partial charge on any atom is -0.365 e. The monoisotopic (exact) mass is 295 g/mol. The van der Waals surface area contributed by atoms with Crippen LogP contribution in [0.2, 0.25) is 0 Å². The molecule has 0 radical (unpaired) electrons. The van der Waals surface area contributed by atoms with Crippen molar-refractivity contribution in [3.8, 4) is 6.07 Å². The zero-order valence-electron chi connectivity index (χ0n) is 10.6. The first-order valence-corrected chi connectivity index (χ1v) is 5.86. The second-order valence-corrected chi connectivity index (χ2v) is 4.16. The number of halogens is 4. The Morgan fingerprint density at radius 2 is 2.00 bits per heavy atom. The number of anilines is 1. The number of nitrogens with one attached hydrogen (secondary N) is 1. The summed E-state index contributed by atoms with van der Waals surface area (Å²) in [5.74, 6) is -0.779. The summed E-state index contributed by atoms with van der Waals surface area (Å²) >= 11 is 0. The predicted octanol–water partition coefficient (Wildman–Crippen LogP) is 3.72. The molecule has 0 amide bonds. The summed E-state index contributed by atoms with van der Waals surface area (Å²) in [4.78, 5) is 3.89. The Hall–Kier alpha value is -2.62. The Kier molecular flexibility index (Phi) is 4.08. The molecule has 1 N–H and O–H groups in total. The average molecular weight is 295 g/mol. The van der Waals surface area contributed by atoms with Crippen molar-refractivity contribution >= 4 is 5.82 Å². The van der Waals surface area contributed by atoms with Crippen LogP contribution in [0.1, 0.15) is 16.7 Å². The molecule has 108 valence electrons. The first-order chi connectivity index (χ1) is 9.91. The Morgan fingerprint density at radius 3 is 2.67 bits per heavy atom. The first-order valence-electron chi connectivity index (χ1n) is 5.86. The number of rotatable bonds is 3. The van der Waals surface area contributed by atoms with Gasteiger partial charge in [-0.2, -0.15) is 18.4 Å². The zero-order chi connectivity index (χ0) is 15.5.